The van der Waals surface area contributed by atoms with E-state index >= 15 is 0 Å². The summed E-state index contributed by atoms with van der Waals surface area (Å²) in [6.07, 6.45) is 1.38. The molecule has 1 amide bonds. The number of carbonyl (C=O) groups excluding carboxylic acids is 1. The quantitative estimate of drug-likeness (QED) is 0.345. The molecule has 2 aliphatic rings. The fourth-order valence-corrected chi connectivity index (χ4v) is 3.30. The predicted molar refractivity (Wildman–Crippen MR) is 108 cm³/mol. The summed E-state index contributed by atoms with van der Waals surface area (Å²) in [5.41, 5.74) is 0.665. The number of rotatable bonds is 5. The first-order valence-electron chi connectivity index (χ1n) is 8.66. The minimum absolute atomic E-state index is 0.0146. The van der Waals surface area contributed by atoms with Gasteiger partial charge in [-0.25, -0.2) is 0 Å². The zero-order chi connectivity index (χ0) is 20.5. The molecule has 0 radical (unpaired) electrons. The van der Waals surface area contributed by atoms with Gasteiger partial charge in [0, 0.05) is 0 Å². The second-order valence-electron chi connectivity index (χ2n) is 6.08. The molecule has 2 heterocycles. The van der Waals surface area contributed by atoms with Gasteiger partial charge in [-0.15, -0.1) is 0 Å². The molecule has 10 heteroatoms. The number of nitro groups is 1. The van der Waals surface area contributed by atoms with Crippen molar-refractivity contribution < 1.29 is 23.9 Å². The smallest absolute Gasteiger partial charge is 0.281 e. The Morgan fingerprint density at radius 1 is 1.28 bits per heavy atom. The molecular formula is C19H15N3O6S. The number of ether oxygens (including phenoxy) is 3. The number of nitrogens with one attached hydrogen (secondary N) is 1. The number of hydrogen-bond acceptors (Lipinski definition) is 7. The Bertz CT molecular complexity index is 1050. The van der Waals surface area contributed by atoms with Crippen molar-refractivity contribution in [1.82, 2.24) is 5.32 Å². The molecule has 1 N–H and O–H groups in total. The van der Waals surface area contributed by atoms with Gasteiger partial charge in [0.15, 0.2) is 16.6 Å². The van der Waals surface area contributed by atoms with Gasteiger partial charge >= 0.3 is 0 Å². The van der Waals surface area contributed by atoms with E-state index in [9.17, 15) is 14.9 Å². The van der Waals surface area contributed by atoms with Gasteiger partial charge in [-0.05, 0) is 55.5 Å². The standard InChI is InChI=1S/C19H15N3O6S/c1-2-26-13-5-3-12(4-6-13)21-18(23)14(20-19(21)29)7-11-8-16-17(28-10-27-16)9-15(11)22(24)25/h3-9H,2,10H2,1H3,(H,20,29)/b14-7+. The number of nitro benzene ring substituents is 1. The third-order valence-corrected chi connectivity index (χ3v) is 4.59. The van der Waals surface area contributed by atoms with Crippen molar-refractivity contribution in [2.24, 2.45) is 0 Å². The van der Waals surface area contributed by atoms with E-state index < -0.39 is 10.8 Å². The van der Waals surface area contributed by atoms with Crippen molar-refractivity contribution in [2.45, 2.75) is 6.92 Å². The van der Waals surface area contributed by atoms with Crippen LogP contribution in [0.1, 0.15) is 12.5 Å². The van der Waals surface area contributed by atoms with Gasteiger partial charge < -0.3 is 19.5 Å². The molecule has 29 heavy (non-hydrogen) atoms. The summed E-state index contributed by atoms with van der Waals surface area (Å²) in [7, 11) is 0. The van der Waals surface area contributed by atoms with Crippen LogP contribution in [0.15, 0.2) is 42.1 Å². The van der Waals surface area contributed by atoms with Crippen LogP contribution >= 0.6 is 12.2 Å². The Balaban J connectivity index is 1.67. The molecule has 1 saturated heterocycles. The first-order valence-corrected chi connectivity index (χ1v) is 9.06. The minimum Gasteiger partial charge on any atom is -0.494 e. The number of benzene rings is 2. The normalized spacial score (nSPS) is 16.3. The van der Waals surface area contributed by atoms with Crippen LogP contribution in [0.25, 0.3) is 6.08 Å². The summed E-state index contributed by atoms with van der Waals surface area (Å²) in [5.74, 6) is 0.912. The number of fused-ring (bicyclic) bond motifs is 1. The number of nitrogens with zero attached hydrogens (tertiary/aromatic N) is 2. The average molecular weight is 413 g/mol. The second kappa shape index (κ2) is 7.40. The van der Waals surface area contributed by atoms with Crippen molar-refractivity contribution in [3.8, 4) is 17.2 Å². The first kappa shape index (κ1) is 18.7. The van der Waals surface area contributed by atoms with Crippen molar-refractivity contribution >= 4 is 40.7 Å². The lowest BCUT2D eigenvalue weighted by Crippen LogP contribution is -2.30. The molecule has 2 aliphatic heterocycles. The lowest BCUT2D eigenvalue weighted by Gasteiger charge is -2.14. The molecule has 2 aromatic rings. The molecule has 1 fully saturated rings. The molecule has 0 bridgehead atoms. The average Bonchev–Trinajstić information content (AvgIpc) is 3.26. The van der Waals surface area contributed by atoms with Crippen molar-refractivity contribution in [3.63, 3.8) is 0 Å². The molecule has 0 aromatic heterocycles. The monoisotopic (exact) mass is 413 g/mol. The fraction of sp³-hybridized carbons (Fsp3) is 0.158. The third-order valence-electron chi connectivity index (χ3n) is 4.30. The molecular weight excluding hydrogens is 398 g/mol. The highest BCUT2D eigenvalue weighted by Gasteiger charge is 2.33. The van der Waals surface area contributed by atoms with E-state index in [0.29, 0.717) is 23.8 Å². The SMILES string of the molecule is CCOc1ccc(N2C(=O)/C(=C\c3cc4c(cc3[N+](=O)[O-])OCO4)NC2=S)cc1. The van der Waals surface area contributed by atoms with Crippen LogP contribution in [-0.2, 0) is 4.79 Å². The van der Waals surface area contributed by atoms with Crippen molar-refractivity contribution in [1.29, 1.82) is 0 Å². The van der Waals surface area contributed by atoms with Gasteiger partial charge in [0.2, 0.25) is 6.79 Å². The topological polar surface area (TPSA) is 103 Å². The predicted octanol–water partition coefficient (Wildman–Crippen LogP) is 2.98. The Kier molecular flexibility index (Phi) is 4.77. The Morgan fingerprint density at radius 3 is 2.62 bits per heavy atom. The summed E-state index contributed by atoms with van der Waals surface area (Å²) in [5, 5.41) is 14.4. The van der Waals surface area contributed by atoms with Crippen LogP contribution in [0.5, 0.6) is 17.2 Å². The Hall–Kier alpha value is -3.66. The van der Waals surface area contributed by atoms with Gasteiger partial charge in [0.1, 0.15) is 11.4 Å². The van der Waals surface area contributed by atoms with Gasteiger partial charge in [-0.2, -0.15) is 0 Å². The maximum absolute atomic E-state index is 12.9. The van der Waals surface area contributed by atoms with Crippen LogP contribution in [0.4, 0.5) is 11.4 Å². The summed E-state index contributed by atoms with van der Waals surface area (Å²) >= 11 is 5.28. The van der Waals surface area contributed by atoms with E-state index in [4.69, 9.17) is 26.4 Å². The fourth-order valence-electron chi connectivity index (χ4n) is 3.00. The highest BCUT2D eigenvalue weighted by molar-refractivity contribution is 7.80. The Labute approximate surface area is 170 Å². The van der Waals surface area contributed by atoms with Gasteiger partial charge in [0.05, 0.1) is 28.8 Å². The van der Waals surface area contributed by atoms with Crippen molar-refractivity contribution in [2.75, 3.05) is 18.3 Å². The Morgan fingerprint density at radius 2 is 1.97 bits per heavy atom. The molecule has 148 valence electrons. The second-order valence-corrected chi connectivity index (χ2v) is 6.46. The van der Waals surface area contributed by atoms with Gasteiger partial charge in [-0.1, -0.05) is 0 Å². The molecule has 0 aliphatic carbocycles. The number of hydrogen-bond donors (Lipinski definition) is 1. The molecule has 0 atom stereocenters. The number of thiocarbonyl (C=S) groups is 1. The summed E-state index contributed by atoms with van der Waals surface area (Å²) in [6.45, 7) is 2.39. The van der Waals surface area contributed by atoms with Gasteiger partial charge in [0.25, 0.3) is 11.6 Å². The lowest BCUT2D eigenvalue weighted by atomic mass is 10.1. The number of anilines is 1. The summed E-state index contributed by atoms with van der Waals surface area (Å²) in [6, 6.07) is 9.63. The first-order chi connectivity index (χ1) is 14.0. The largest absolute Gasteiger partial charge is 0.494 e. The van der Waals surface area contributed by atoms with Crippen LogP contribution in [0.3, 0.4) is 0 Å². The molecule has 4 rings (SSSR count). The molecule has 0 spiro atoms. The van der Waals surface area contributed by atoms with E-state index in [2.05, 4.69) is 5.32 Å². The number of amides is 1. The maximum Gasteiger partial charge on any atom is 0.281 e. The van der Waals surface area contributed by atoms with Crippen molar-refractivity contribution in [3.05, 3.63) is 57.8 Å². The summed E-state index contributed by atoms with van der Waals surface area (Å²) in [4.78, 5) is 25.1. The van der Waals surface area contributed by atoms with Crippen LogP contribution in [0, 0.1) is 10.1 Å². The molecule has 0 saturated carbocycles. The van der Waals surface area contributed by atoms with Crippen LogP contribution < -0.4 is 24.4 Å². The maximum atomic E-state index is 12.9. The summed E-state index contributed by atoms with van der Waals surface area (Å²) < 4.78 is 15.9. The third kappa shape index (κ3) is 3.45. The van der Waals surface area contributed by atoms with Gasteiger partial charge in [-0.3, -0.25) is 19.8 Å². The van der Waals surface area contributed by atoms with Crippen LogP contribution in [-0.4, -0.2) is 29.3 Å². The molecule has 9 nitrogen and oxygen atoms in total. The highest BCUT2D eigenvalue weighted by Crippen LogP contribution is 2.39. The van der Waals surface area contributed by atoms with E-state index in [-0.39, 0.29) is 34.6 Å². The zero-order valence-corrected chi connectivity index (χ0v) is 16.0. The molecule has 0 unspecified atom stereocenters. The van der Waals surface area contributed by atoms with E-state index in [1.54, 1.807) is 24.3 Å². The van der Waals surface area contributed by atoms with E-state index in [0.717, 1.165) is 0 Å². The zero-order valence-electron chi connectivity index (χ0n) is 15.2. The lowest BCUT2D eigenvalue weighted by molar-refractivity contribution is -0.385. The van der Waals surface area contributed by atoms with Crippen LogP contribution in [0.2, 0.25) is 0 Å². The minimum atomic E-state index is -0.545. The number of carbonyl (C=O) groups is 1. The highest BCUT2D eigenvalue weighted by atomic mass is 32.1. The molecule has 2 aromatic carbocycles. The van der Waals surface area contributed by atoms with E-state index in [1.165, 1.54) is 23.1 Å². The van der Waals surface area contributed by atoms with E-state index in [1.807, 2.05) is 6.92 Å².